The fourth-order valence-electron chi connectivity index (χ4n) is 4.44. The Balaban J connectivity index is 1.32. The Morgan fingerprint density at radius 2 is 1.55 bits per heavy atom. The highest BCUT2D eigenvalue weighted by atomic mass is 19.4. The maximum Gasteiger partial charge on any atom is 0.416 e. The fourth-order valence-corrected chi connectivity index (χ4v) is 4.44. The van der Waals surface area contributed by atoms with Crippen LogP contribution in [0.2, 0.25) is 0 Å². The van der Waals surface area contributed by atoms with Gasteiger partial charge in [0.1, 0.15) is 17.5 Å². The average molecular weight is 526 g/mol. The van der Waals surface area contributed by atoms with Crippen LogP contribution >= 0.6 is 0 Å². The Bertz CT molecular complexity index is 1280. The van der Waals surface area contributed by atoms with Crippen LogP contribution < -0.4 is 15.8 Å². The number of rotatable bonds is 8. The van der Waals surface area contributed by atoms with Gasteiger partial charge in [-0.05, 0) is 72.9 Å². The first-order chi connectivity index (χ1) is 18.1. The second-order valence-electron chi connectivity index (χ2n) is 9.09. The van der Waals surface area contributed by atoms with Crippen molar-refractivity contribution in [2.24, 2.45) is 11.7 Å². The summed E-state index contributed by atoms with van der Waals surface area (Å²) in [6.45, 7) is -0.132. The molecule has 0 aromatic heterocycles. The number of ether oxygens (including phenoxy) is 1. The Morgan fingerprint density at radius 1 is 0.921 bits per heavy atom. The van der Waals surface area contributed by atoms with Crippen LogP contribution in [0, 0.1) is 5.92 Å². The number of amides is 3. The largest absolute Gasteiger partial charge is 0.457 e. The van der Waals surface area contributed by atoms with E-state index in [-0.39, 0.29) is 19.0 Å². The molecule has 0 spiro atoms. The van der Waals surface area contributed by atoms with Gasteiger partial charge < -0.3 is 20.7 Å². The monoisotopic (exact) mass is 525 g/mol. The van der Waals surface area contributed by atoms with Crippen LogP contribution in [0.4, 0.5) is 13.2 Å². The third-order valence-electron chi connectivity index (χ3n) is 6.34. The lowest BCUT2D eigenvalue weighted by Crippen LogP contribution is -2.47. The van der Waals surface area contributed by atoms with E-state index in [4.69, 9.17) is 10.5 Å². The number of nitrogens with two attached hydrogens (primary N) is 1. The van der Waals surface area contributed by atoms with Gasteiger partial charge >= 0.3 is 6.18 Å². The average Bonchev–Trinajstić information content (AvgIpc) is 3.32. The molecule has 7 nitrogen and oxygen atoms in total. The van der Waals surface area contributed by atoms with E-state index < -0.39 is 35.5 Å². The van der Waals surface area contributed by atoms with E-state index >= 15 is 0 Å². The summed E-state index contributed by atoms with van der Waals surface area (Å²) >= 11 is 0. The molecule has 10 heteroatoms. The standard InChI is InChI=1S/C28H26F3N3O4/c29-28(30,31)21-10-6-18(7-11-21)14-19-15-24(26(32)36)34(17-19)25(35)16-33-27(37)20-8-12-23(13-9-20)38-22-4-2-1-3-5-22/h1-13,19,24H,14-17H2,(H2,32,36)(H,33,37). The van der Waals surface area contributed by atoms with Gasteiger partial charge in [-0.25, -0.2) is 0 Å². The van der Waals surface area contributed by atoms with E-state index in [0.717, 1.165) is 12.1 Å². The van der Waals surface area contributed by atoms with Crippen molar-refractivity contribution in [2.45, 2.75) is 25.1 Å². The molecule has 1 saturated heterocycles. The van der Waals surface area contributed by atoms with Crippen molar-refractivity contribution in [3.05, 3.63) is 95.6 Å². The van der Waals surface area contributed by atoms with E-state index in [2.05, 4.69) is 5.32 Å². The SMILES string of the molecule is NC(=O)C1CC(Cc2ccc(C(F)(F)F)cc2)CN1C(=O)CNC(=O)c1ccc(Oc2ccccc2)cc1. The van der Waals surface area contributed by atoms with Gasteiger partial charge in [-0.15, -0.1) is 0 Å². The molecule has 38 heavy (non-hydrogen) atoms. The molecule has 2 unspecified atom stereocenters. The molecule has 1 heterocycles. The van der Waals surface area contributed by atoms with Gasteiger partial charge in [-0.2, -0.15) is 13.2 Å². The van der Waals surface area contributed by atoms with Crippen LogP contribution in [0.3, 0.4) is 0 Å². The second-order valence-corrected chi connectivity index (χ2v) is 9.09. The number of benzene rings is 3. The fraction of sp³-hybridized carbons (Fsp3) is 0.250. The third kappa shape index (κ3) is 6.70. The highest BCUT2D eigenvalue weighted by Crippen LogP contribution is 2.31. The second kappa shape index (κ2) is 11.4. The lowest BCUT2D eigenvalue weighted by molar-refractivity contribution is -0.137. The first-order valence-electron chi connectivity index (χ1n) is 12.0. The van der Waals surface area contributed by atoms with Gasteiger partial charge in [0.2, 0.25) is 11.8 Å². The predicted molar refractivity (Wildman–Crippen MR) is 133 cm³/mol. The molecule has 0 bridgehead atoms. The molecule has 4 rings (SSSR count). The maximum atomic E-state index is 12.9. The number of nitrogens with zero attached hydrogens (tertiary/aromatic N) is 1. The molecule has 0 aliphatic carbocycles. The van der Waals surface area contributed by atoms with E-state index in [1.807, 2.05) is 18.2 Å². The zero-order chi connectivity index (χ0) is 27.3. The number of primary amides is 1. The lowest BCUT2D eigenvalue weighted by atomic mass is 9.96. The minimum Gasteiger partial charge on any atom is -0.457 e. The predicted octanol–water partition coefficient (Wildman–Crippen LogP) is 4.17. The molecule has 3 N–H and O–H groups in total. The maximum absolute atomic E-state index is 12.9. The zero-order valence-corrected chi connectivity index (χ0v) is 20.3. The summed E-state index contributed by atoms with van der Waals surface area (Å²) in [5.41, 5.74) is 5.75. The smallest absolute Gasteiger partial charge is 0.416 e. The van der Waals surface area contributed by atoms with Crippen molar-refractivity contribution in [3.8, 4) is 11.5 Å². The highest BCUT2D eigenvalue weighted by Gasteiger charge is 2.38. The number of halogens is 3. The topological polar surface area (TPSA) is 102 Å². The van der Waals surface area contributed by atoms with Gasteiger partial charge in [0.05, 0.1) is 12.1 Å². The van der Waals surface area contributed by atoms with Crippen molar-refractivity contribution < 1.29 is 32.3 Å². The molecule has 3 amide bonds. The van der Waals surface area contributed by atoms with Gasteiger partial charge in [-0.1, -0.05) is 30.3 Å². The number of alkyl halides is 3. The van der Waals surface area contributed by atoms with Crippen LogP contribution in [0.5, 0.6) is 11.5 Å². The Morgan fingerprint density at radius 3 is 2.16 bits per heavy atom. The summed E-state index contributed by atoms with van der Waals surface area (Å²) in [6, 6.07) is 19.5. The van der Waals surface area contributed by atoms with Crippen LogP contribution in [0.25, 0.3) is 0 Å². The first kappa shape index (κ1) is 26.7. The Kier molecular flexibility index (Phi) is 7.99. The molecule has 3 aromatic carbocycles. The highest BCUT2D eigenvalue weighted by molar-refractivity contribution is 5.97. The Hall–Kier alpha value is -4.34. The number of nitrogens with one attached hydrogen (secondary N) is 1. The summed E-state index contributed by atoms with van der Waals surface area (Å²) in [7, 11) is 0. The molecule has 3 aromatic rings. The van der Waals surface area contributed by atoms with Crippen LogP contribution in [0.1, 0.15) is 27.9 Å². The minimum atomic E-state index is -4.42. The van der Waals surface area contributed by atoms with Crippen LogP contribution in [0.15, 0.2) is 78.9 Å². The van der Waals surface area contributed by atoms with Gasteiger partial charge in [0.25, 0.3) is 5.91 Å². The van der Waals surface area contributed by atoms with Crippen LogP contribution in [-0.4, -0.2) is 41.8 Å². The normalized spacial score (nSPS) is 17.2. The molecular weight excluding hydrogens is 499 g/mol. The molecule has 2 atom stereocenters. The van der Waals surface area contributed by atoms with Gasteiger partial charge in [0.15, 0.2) is 0 Å². The van der Waals surface area contributed by atoms with E-state index in [9.17, 15) is 27.6 Å². The Labute approximate surface area is 217 Å². The third-order valence-corrected chi connectivity index (χ3v) is 6.34. The number of carbonyl (C=O) groups excluding carboxylic acids is 3. The molecule has 0 saturated carbocycles. The van der Waals surface area contributed by atoms with Gasteiger partial charge in [0, 0.05) is 12.1 Å². The molecule has 0 radical (unpaired) electrons. The minimum absolute atomic E-state index is 0.166. The number of likely N-dealkylation sites (tertiary alicyclic amines) is 1. The summed E-state index contributed by atoms with van der Waals surface area (Å²) in [5, 5.41) is 2.56. The molecule has 198 valence electrons. The summed E-state index contributed by atoms with van der Waals surface area (Å²) in [4.78, 5) is 38.7. The van der Waals surface area contributed by atoms with Crippen molar-refractivity contribution in [1.29, 1.82) is 0 Å². The first-order valence-corrected chi connectivity index (χ1v) is 12.0. The lowest BCUT2D eigenvalue weighted by Gasteiger charge is -2.22. The number of hydrogen-bond donors (Lipinski definition) is 2. The van der Waals surface area contributed by atoms with E-state index in [1.54, 1.807) is 36.4 Å². The number of hydrogen-bond acceptors (Lipinski definition) is 4. The van der Waals surface area contributed by atoms with Gasteiger partial charge in [-0.3, -0.25) is 14.4 Å². The molecule has 1 aliphatic heterocycles. The molecule has 1 aliphatic rings. The van der Waals surface area contributed by atoms with E-state index in [1.165, 1.54) is 17.0 Å². The summed E-state index contributed by atoms with van der Waals surface area (Å²) < 4.78 is 44.1. The van der Waals surface area contributed by atoms with Crippen LogP contribution in [-0.2, 0) is 22.2 Å². The van der Waals surface area contributed by atoms with Crippen molar-refractivity contribution in [2.75, 3.05) is 13.1 Å². The molecule has 1 fully saturated rings. The summed E-state index contributed by atoms with van der Waals surface area (Å²) in [6.07, 6.45) is -3.75. The van der Waals surface area contributed by atoms with Crippen molar-refractivity contribution in [1.82, 2.24) is 10.2 Å². The quantitative estimate of drug-likeness (QED) is 0.461. The summed E-state index contributed by atoms with van der Waals surface area (Å²) in [5.74, 6) is -0.581. The molecular formula is C28H26F3N3O4. The van der Waals surface area contributed by atoms with E-state index in [0.29, 0.717) is 35.5 Å². The number of para-hydroxylation sites is 1. The number of carbonyl (C=O) groups is 3. The van der Waals surface area contributed by atoms with Crippen molar-refractivity contribution >= 4 is 17.7 Å². The van der Waals surface area contributed by atoms with Crippen molar-refractivity contribution in [3.63, 3.8) is 0 Å². The zero-order valence-electron chi connectivity index (χ0n) is 20.3.